The first kappa shape index (κ1) is 21.4. The Morgan fingerprint density at radius 1 is 1.00 bits per heavy atom. The number of carbonyl (C=O) groups excluding carboxylic acids is 1. The molecule has 0 radical (unpaired) electrons. The first-order valence-electron chi connectivity index (χ1n) is 11.1. The summed E-state index contributed by atoms with van der Waals surface area (Å²) in [6, 6.07) is 17.4. The average molecular weight is 426 g/mol. The maximum Gasteiger partial charge on any atom is 0.228 e. The zero-order valence-corrected chi connectivity index (χ0v) is 18.4. The molecule has 1 fully saturated rings. The number of likely N-dealkylation sites (tertiary alicyclic amines) is 1. The fourth-order valence-electron chi connectivity index (χ4n) is 5.85. The number of amides is 1. The third kappa shape index (κ3) is 3.66. The van der Waals surface area contributed by atoms with Crippen LogP contribution in [0.3, 0.4) is 0 Å². The summed E-state index contributed by atoms with van der Waals surface area (Å²) in [5, 5.41) is 0. The topological polar surface area (TPSA) is 49.6 Å². The van der Waals surface area contributed by atoms with Crippen LogP contribution in [-0.2, 0) is 23.1 Å². The molecule has 0 bridgehead atoms. The van der Waals surface area contributed by atoms with Crippen LogP contribution in [0.5, 0.6) is 0 Å². The Morgan fingerprint density at radius 2 is 1.70 bits per heavy atom. The van der Waals surface area contributed by atoms with E-state index in [0.717, 1.165) is 31.7 Å². The van der Waals surface area contributed by atoms with Crippen LogP contribution in [0.2, 0.25) is 0 Å². The molecule has 30 heavy (non-hydrogen) atoms. The normalized spacial score (nSPS) is 21.9. The van der Waals surface area contributed by atoms with Gasteiger partial charge in [0.1, 0.15) is 0 Å². The van der Waals surface area contributed by atoms with Crippen molar-refractivity contribution in [2.45, 2.75) is 50.0 Å². The van der Waals surface area contributed by atoms with Crippen LogP contribution >= 0.6 is 12.4 Å². The number of benzene rings is 2. The predicted molar refractivity (Wildman–Crippen MR) is 124 cm³/mol. The SMILES string of the molecule is Cl.NCC1Cc2ccccc2N1C(=O)CCN1CCC2(CCc3ccccc32)CC1. The molecular formula is C25H32ClN3O. The number of fused-ring (bicyclic) bond motifs is 3. The summed E-state index contributed by atoms with van der Waals surface area (Å²) in [4.78, 5) is 17.5. The summed E-state index contributed by atoms with van der Waals surface area (Å²) in [7, 11) is 0. The fourth-order valence-corrected chi connectivity index (χ4v) is 5.85. The molecule has 1 unspecified atom stereocenters. The highest BCUT2D eigenvalue weighted by Gasteiger charge is 2.41. The van der Waals surface area contributed by atoms with E-state index >= 15 is 0 Å². The van der Waals surface area contributed by atoms with Crippen LogP contribution in [0.25, 0.3) is 0 Å². The number of halogens is 1. The first-order valence-corrected chi connectivity index (χ1v) is 11.1. The van der Waals surface area contributed by atoms with E-state index in [1.54, 1.807) is 11.1 Å². The van der Waals surface area contributed by atoms with E-state index < -0.39 is 0 Å². The van der Waals surface area contributed by atoms with Gasteiger partial charge in [0.15, 0.2) is 0 Å². The van der Waals surface area contributed by atoms with Gasteiger partial charge in [-0.1, -0.05) is 42.5 Å². The molecule has 1 spiro atoms. The lowest BCUT2D eigenvalue weighted by molar-refractivity contribution is -0.119. The van der Waals surface area contributed by atoms with E-state index in [9.17, 15) is 4.79 Å². The molecule has 5 rings (SSSR count). The van der Waals surface area contributed by atoms with E-state index in [1.165, 1.54) is 31.2 Å². The second-order valence-electron chi connectivity index (χ2n) is 9.02. The summed E-state index contributed by atoms with van der Waals surface area (Å²) in [5.74, 6) is 0.219. The minimum Gasteiger partial charge on any atom is -0.328 e. The maximum atomic E-state index is 13.1. The average Bonchev–Trinajstić information content (AvgIpc) is 3.32. The highest BCUT2D eigenvalue weighted by Crippen LogP contribution is 2.46. The number of aryl methyl sites for hydroxylation is 1. The molecule has 3 aliphatic rings. The lowest BCUT2D eigenvalue weighted by Crippen LogP contribution is -2.45. The van der Waals surface area contributed by atoms with Crippen molar-refractivity contribution in [1.29, 1.82) is 0 Å². The summed E-state index contributed by atoms with van der Waals surface area (Å²) in [5.41, 5.74) is 11.8. The third-order valence-electron chi connectivity index (χ3n) is 7.53. The van der Waals surface area contributed by atoms with E-state index in [1.807, 2.05) is 17.0 Å². The molecule has 160 valence electrons. The molecule has 0 aromatic heterocycles. The van der Waals surface area contributed by atoms with Gasteiger partial charge in [0, 0.05) is 25.2 Å². The molecule has 4 nitrogen and oxygen atoms in total. The number of hydrogen-bond acceptors (Lipinski definition) is 3. The predicted octanol–water partition coefficient (Wildman–Crippen LogP) is 3.69. The molecule has 1 aliphatic carbocycles. The Hall–Kier alpha value is -1.88. The number of nitrogens with two attached hydrogens (primary N) is 1. The van der Waals surface area contributed by atoms with Gasteiger partial charge in [0.2, 0.25) is 5.91 Å². The fraction of sp³-hybridized carbons (Fsp3) is 0.480. The van der Waals surface area contributed by atoms with Gasteiger partial charge >= 0.3 is 0 Å². The molecule has 1 atom stereocenters. The van der Waals surface area contributed by atoms with E-state index in [0.29, 0.717) is 18.4 Å². The maximum absolute atomic E-state index is 13.1. The van der Waals surface area contributed by atoms with Crippen LogP contribution in [-0.4, -0.2) is 43.0 Å². The highest BCUT2D eigenvalue weighted by molar-refractivity contribution is 5.96. The Balaban J connectivity index is 0.00000218. The van der Waals surface area contributed by atoms with Crippen molar-refractivity contribution in [3.63, 3.8) is 0 Å². The Labute approximate surface area is 185 Å². The van der Waals surface area contributed by atoms with Crippen molar-refractivity contribution < 1.29 is 4.79 Å². The zero-order chi connectivity index (χ0) is 19.8. The lowest BCUT2D eigenvalue weighted by atomic mass is 9.74. The van der Waals surface area contributed by atoms with Crippen molar-refractivity contribution in [3.8, 4) is 0 Å². The largest absolute Gasteiger partial charge is 0.328 e. The number of nitrogens with zero attached hydrogens (tertiary/aromatic N) is 2. The number of hydrogen-bond donors (Lipinski definition) is 1. The Morgan fingerprint density at radius 3 is 2.47 bits per heavy atom. The molecule has 1 amide bonds. The Bertz CT molecular complexity index is 907. The van der Waals surface area contributed by atoms with E-state index in [2.05, 4.69) is 41.3 Å². The molecule has 2 aromatic carbocycles. The van der Waals surface area contributed by atoms with Crippen LogP contribution in [0.15, 0.2) is 48.5 Å². The minimum absolute atomic E-state index is 0. The summed E-state index contributed by atoms with van der Waals surface area (Å²) in [6.07, 6.45) is 6.41. The van der Waals surface area contributed by atoms with E-state index in [-0.39, 0.29) is 24.4 Å². The van der Waals surface area contributed by atoms with Crippen molar-refractivity contribution in [2.75, 3.05) is 31.1 Å². The zero-order valence-electron chi connectivity index (χ0n) is 17.6. The second kappa shape index (κ2) is 8.70. The van der Waals surface area contributed by atoms with Crippen molar-refractivity contribution in [2.24, 2.45) is 5.73 Å². The number of para-hydroxylation sites is 1. The quantitative estimate of drug-likeness (QED) is 0.812. The second-order valence-corrected chi connectivity index (χ2v) is 9.02. The summed E-state index contributed by atoms with van der Waals surface area (Å²) >= 11 is 0. The van der Waals surface area contributed by atoms with Gasteiger partial charge in [-0.3, -0.25) is 4.79 Å². The molecule has 2 aromatic rings. The van der Waals surface area contributed by atoms with Gasteiger partial charge in [-0.25, -0.2) is 0 Å². The standard InChI is InChI=1S/C25H31N3O.ClH/c26-18-21-17-20-6-2-4-8-23(20)28(21)24(29)10-14-27-15-12-25(13-16-27)11-9-19-5-1-3-7-22(19)25;/h1-8,21H,9-18,26H2;1H. The third-order valence-corrected chi connectivity index (χ3v) is 7.53. The van der Waals surface area contributed by atoms with Crippen molar-refractivity contribution >= 4 is 24.0 Å². The molecule has 5 heteroatoms. The van der Waals surface area contributed by atoms with Crippen LogP contribution in [0.1, 0.15) is 42.4 Å². The smallest absolute Gasteiger partial charge is 0.228 e. The number of rotatable bonds is 4. The molecule has 2 heterocycles. The summed E-state index contributed by atoms with van der Waals surface area (Å²) in [6.45, 7) is 3.57. The van der Waals surface area contributed by atoms with Crippen LogP contribution in [0, 0.1) is 0 Å². The van der Waals surface area contributed by atoms with Gasteiger partial charge < -0.3 is 15.5 Å². The molecular weight excluding hydrogens is 394 g/mol. The van der Waals surface area contributed by atoms with Gasteiger partial charge in [0.05, 0.1) is 6.04 Å². The Kier molecular flexibility index (Phi) is 6.19. The van der Waals surface area contributed by atoms with Gasteiger partial charge in [-0.2, -0.15) is 0 Å². The van der Waals surface area contributed by atoms with Gasteiger partial charge in [0.25, 0.3) is 0 Å². The van der Waals surface area contributed by atoms with Crippen LogP contribution in [0.4, 0.5) is 5.69 Å². The highest BCUT2D eigenvalue weighted by atomic mass is 35.5. The molecule has 1 saturated heterocycles. The van der Waals surface area contributed by atoms with E-state index in [4.69, 9.17) is 5.73 Å². The lowest BCUT2D eigenvalue weighted by Gasteiger charge is -2.40. The van der Waals surface area contributed by atoms with Gasteiger partial charge in [-0.05, 0) is 73.4 Å². The first-order chi connectivity index (χ1) is 14.2. The molecule has 2 N–H and O–H groups in total. The molecule has 2 aliphatic heterocycles. The van der Waals surface area contributed by atoms with Crippen LogP contribution < -0.4 is 10.6 Å². The number of piperidine rings is 1. The van der Waals surface area contributed by atoms with Crippen molar-refractivity contribution in [1.82, 2.24) is 4.90 Å². The molecule has 0 saturated carbocycles. The monoisotopic (exact) mass is 425 g/mol. The number of anilines is 1. The summed E-state index contributed by atoms with van der Waals surface area (Å²) < 4.78 is 0. The number of carbonyl (C=O) groups is 1. The van der Waals surface area contributed by atoms with Gasteiger partial charge in [-0.15, -0.1) is 12.4 Å². The minimum atomic E-state index is 0. The van der Waals surface area contributed by atoms with Crippen molar-refractivity contribution in [3.05, 3.63) is 65.2 Å².